The molecule has 65 heavy (non-hydrogen) atoms. The molecule has 2 aliphatic rings. The van der Waals surface area contributed by atoms with Crippen molar-refractivity contribution in [2.75, 3.05) is 13.6 Å². The minimum atomic E-state index is -2.01. The summed E-state index contributed by atoms with van der Waals surface area (Å²) in [6, 6.07) is 26.9. The predicted octanol–water partition coefficient (Wildman–Crippen LogP) is 7.00. The Bertz CT molecular complexity index is 2770. The minimum absolute atomic E-state index is 0.0139. The molecule has 0 fully saturated rings. The van der Waals surface area contributed by atoms with Crippen molar-refractivity contribution < 1.29 is 34.1 Å². The standard InChI is InChI=1S/C39H14O4P2S.C14H16N2.2ClH.Ru/c1-5-9-13-17-25-44(26-18-14-10-6-2)33-23-21-31-37(42-29-40-31)35(33)39(46)36-34(24-22-32-38(36)43-30-41-32)45(27-19-15-11-7-3)28-20-16-12-8-4;15-13(11-7-3-1-4-8-11)14(16)12-9-5-2-6-10-12;;;/h1-4,21-24,39,46H,29-30H2;1-10,13-14H,15-16H2;2*1H;/q;;;;+4. The molecule has 0 saturated carbocycles. The Kier molecular flexibility index (Phi) is 22.5. The Morgan fingerprint density at radius 2 is 0.815 bits per heavy atom. The van der Waals surface area contributed by atoms with Gasteiger partial charge in [0.2, 0.25) is 13.6 Å². The monoisotopic (exact) mass is 1030 g/mol. The fourth-order valence-electron chi connectivity index (χ4n) is 5.85. The molecule has 0 radical (unpaired) electrons. The van der Waals surface area contributed by atoms with Crippen LogP contribution < -0.4 is 41.0 Å². The maximum absolute atomic E-state index is 6.15. The summed E-state index contributed by atoms with van der Waals surface area (Å²) < 4.78 is 23.5. The number of benzene rings is 4. The Balaban J connectivity index is 0.000000402. The molecule has 0 saturated heterocycles. The summed E-state index contributed by atoms with van der Waals surface area (Å²) in [7, 11) is 5.68. The summed E-state index contributed by atoms with van der Waals surface area (Å²) in [5, 5.41) is 0.826. The number of hydrogen-bond donors (Lipinski definition) is 3. The summed E-state index contributed by atoms with van der Waals surface area (Å²) in [6.07, 6.45) is 21.1. The van der Waals surface area contributed by atoms with Crippen LogP contribution in [-0.2, 0) is 15.1 Å². The van der Waals surface area contributed by atoms with Crippen LogP contribution in [0, 0.1) is 143 Å². The summed E-state index contributed by atoms with van der Waals surface area (Å²) in [6.45, 7) is 0.0279. The van der Waals surface area contributed by atoms with Gasteiger partial charge in [0.05, 0.1) is 16.4 Å². The third-order valence-electron chi connectivity index (χ3n) is 8.54. The zero-order chi connectivity index (χ0) is 46.7. The molecule has 0 aliphatic carbocycles. The molecule has 0 bridgehead atoms. The van der Waals surface area contributed by atoms with Crippen LogP contribution in [0.2, 0.25) is 0 Å². The first-order valence-electron chi connectivity index (χ1n) is 18.4. The van der Waals surface area contributed by atoms with Crippen LogP contribution in [0.25, 0.3) is 0 Å². The van der Waals surface area contributed by atoms with Crippen molar-refractivity contribution in [3.05, 3.63) is 107 Å². The topological polar surface area (TPSA) is 89.0 Å². The summed E-state index contributed by atoms with van der Waals surface area (Å²) >= 11 is 4.84. The Hall–Kier alpha value is -6.87. The third-order valence-corrected chi connectivity index (χ3v) is 12.5. The molecule has 4 aromatic rings. The molecule has 4 N–H and O–H groups in total. The second kappa shape index (κ2) is 28.7. The normalized spacial score (nSPS) is 10.8. The average molecular weight is 1030 g/mol. The molecule has 0 amide bonds. The Morgan fingerprint density at radius 3 is 1.12 bits per heavy atom. The van der Waals surface area contributed by atoms with Gasteiger partial charge in [0.25, 0.3) is 0 Å². The molecule has 4 aromatic carbocycles. The van der Waals surface area contributed by atoms with Crippen LogP contribution in [0.3, 0.4) is 0 Å². The third kappa shape index (κ3) is 15.1. The molecule has 2 unspecified atom stereocenters. The molecule has 2 atom stereocenters. The molecular weight excluding hydrogens is 995 g/mol. The van der Waals surface area contributed by atoms with Crippen molar-refractivity contribution in [3.8, 4) is 166 Å². The fourth-order valence-corrected chi connectivity index (χ4v) is 9.58. The van der Waals surface area contributed by atoms with E-state index in [1.807, 2.05) is 72.8 Å². The van der Waals surface area contributed by atoms with Gasteiger partial charge in [0.15, 0.2) is 38.8 Å². The number of fused-ring (bicyclic) bond motifs is 2. The average Bonchev–Trinajstić information content (AvgIpc) is 4.03. The van der Waals surface area contributed by atoms with Crippen molar-refractivity contribution in [2.24, 2.45) is 11.5 Å². The van der Waals surface area contributed by atoms with Gasteiger partial charge in [-0.1, -0.05) is 60.7 Å². The van der Waals surface area contributed by atoms with Crippen LogP contribution in [0.5, 0.6) is 23.0 Å². The van der Waals surface area contributed by atoms with Crippen LogP contribution in [0.1, 0.15) is 39.6 Å². The van der Waals surface area contributed by atoms with Crippen molar-refractivity contribution >= 4 is 58.5 Å². The second-order valence-corrected chi connectivity index (χ2v) is 18.9. The predicted molar refractivity (Wildman–Crippen MR) is 268 cm³/mol. The number of halogens is 2. The number of nitrogens with two attached hydrogens (primary N) is 2. The van der Waals surface area contributed by atoms with Crippen molar-refractivity contribution in [1.82, 2.24) is 0 Å². The molecular formula is C53H32Cl2N2O4P2RuS+4. The van der Waals surface area contributed by atoms with Gasteiger partial charge in [-0.2, -0.15) is 12.6 Å². The zero-order valence-electron chi connectivity index (χ0n) is 33.9. The molecule has 2 heterocycles. The molecule has 12 heteroatoms. The zero-order valence-corrected chi connectivity index (χ0v) is 40.0. The molecule has 0 spiro atoms. The summed E-state index contributed by atoms with van der Waals surface area (Å²) in [5.41, 5.74) is 28.4. The van der Waals surface area contributed by atoms with Crippen LogP contribution in [-0.4, -0.2) is 13.6 Å². The van der Waals surface area contributed by atoms with Crippen LogP contribution in [0.15, 0.2) is 84.9 Å². The number of ether oxygens (including phenoxy) is 4. The van der Waals surface area contributed by atoms with E-state index in [1.165, 1.54) is 0 Å². The molecule has 0 aromatic heterocycles. The van der Waals surface area contributed by atoms with Gasteiger partial charge >= 0.3 is 34.5 Å². The van der Waals surface area contributed by atoms with Crippen LogP contribution >= 0.6 is 47.9 Å². The van der Waals surface area contributed by atoms with Gasteiger partial charge < -0.3 is 30.4 Å². The molecule has 2 aliphatic heterocycles. The van der Waals surface area contributed by atoms with Gasteiger partial charge in [-0.05, 0) is 82.8 Å². The van der Waals surface area contributed by atoms with Crippen molar-refractivity contribution in [1.29, 1.82) is 0 Å². The van der Waals surface area contributed by atoms with Gasteiger partial charge in [-0.25, -0.2) is 0 Å². The molecule has 312 valence electrons. The van der Waals surface area contributed by atoms with E-state index in [-0.39, 0.29) is 40.8 Å². The van der Waals surface area contributed by atoms with E-state index >= 15 is 0 Å². The van der Waals surface area contributed by atoms with E-state index in [1.54, 1.807) is 12.1 Å². The van der Waals surface area contributed by atoms with E-state index in [0.717, 1.165) is 21.7 Å². The maximum atomic E-state index is 6.15. The first-order chi connectivity index (χ1) is 31.8. The Morgan fingerprint density at radius 1 is 0.492 bits per heavy atom. The SMILES string of the molecule is C#CC#CC#C[PH+](C#CC#CC#C)c1ccc2c(c1C(S)c1c([PH+](C#CC#CC#C)C#CC#CC#C)ccc3c1OCO3)OCO2.NC(c1ccccc1)C(N)c1ccccc1.[Cl][Ru+2][Cl]. The second-order valence-electron chi connectivity index (χ2n) is 12.2. The van der Waals surface area contributed by atoms with Gasteiger partial charge in [0.1, 0.15) is 33.3 Å². The molecule has 6 rings (SSSR count). The van der Waals surface area contributed by atoms with E-state index in [2.05, 4.69) is 117 Å². The van der Waals surface area contributed by atoms with Crippen LogP contribution in [0.4, 0.5) is 0 Å². The van der Waals surface area contributed by atoms with E-state index in [4.69, 9.17) is 88.1 Å². The summed E-state index contributed by atoms with van der Waals surface area (Å²) in [4.78, 5) is 0. The Labute approximate surface area is 405 Å². The first-order valence-corrected chi connectivity index (χ1v) is 26.4. The number of hydrogen-bond acceptors (Lipinski definition) is 7. The number of terminal acetylenes is 4. The van der Waals surface area contributed by atoms with E-state index in [9.17, 15) is 0 Å². The number of rotatable bonds is 7. The van der Waals surface area contributed by atoms with Gasteiger partial charge in [0, 0.05) is 59.4 Å². The van der Waals surface area contributed by atoms with Gasteiger partial charge in [-0.3, -0.25) is 0 Å². The fraction of sp³-hybridized carbons (Fsp3) is 0.0943. The van der Waals surface area contributed by atoms with Crippen molar-refractivity contribution in [3.63, 3.8) is 0 Å². The quantitative estimate of drug-likeness (QED) is 0.0802. The number of thiol groups is 1. The van der Waals surface area contributed by atoms with E-state index in [0.29, 0.717) is 34.1 Å². The van der Waals surface area contributed by atoms with Crippen molar-refractivity contribution in [2.45, 2.75) is 17.3 Å². The van der Waals surface area contributed by atoms with Gasteiger partial charge in [-0.15, -0.1) is 25.7 Å². The van der Waals surface area contributed by atoms with E-state index < -0.39 is 21.1 Å². The first kappa shape index (κ1) is 50.8. The molecule has 6 nitrogen and oxygen atoms in total. The summed E-state index contributed by atoms with van der Waals surface area (Å²) in [5.74, 6) is 42.8.